The van der Waals surface area contributed by atoms with Crippen molar-refractivity contribution in [3.63, 3.8) is 0 Å². The third kappa shape index (κ3) is 4.26. The monoisotopic (exact) mass is 325 g/mol. The minimum atomic E-state index is -0.962. The number of carbonyl (C=O) groups excluding carboxylic acids is 1. The van der Waals surface area contributed by atoms with Gasteiger partial charge in [-0.25, -0.2) is 8.78 Å². The highest BCUT2D eigenvalue weighted by Gasteiger charge is 2.14. The number of nitrogens with one attached hydrogen (secondary N) is 1. The smallest absolute Gasteiger partial charge is 0.224 e. The van der Waals surface area contributed by atoms with Crippen LogP contribution in [0, 0.1) is 11.6 Å². The van der Waals surface area contributed by atoms with Crippen LogP contribution in [-0.4, -0.2) is 17.6 Å². The van der Waals surface area contributed by atoms with Crippen LogP contribution in [0.15, 0.2) is 42.5 Å². The molecule has 1 amide bonds. The van der Waals surface area contributed by atoms with Crippen LogP contribution in [0.2, 0.25) is 5.02 Å². The fraction of sp³-hybridized carbons (Fsp3) is 0.188. The normalized spacial score (nSPS) is 12.0. The number of benzene rings is 2. The Morgan fingerprint density at radius 2 is 1.95 bits per heavy atom. The zero-order chi connectivity index (χ0) is 16.1. The molecule has 2 aromatic rings. The number of amides is 1. The van der Waals surface area contributed by atoms with Crippen molar-refractivity contribution in [1.29, 1.82) is 0 Å². The quantitative estimate of drug-likeness (QED) is 0.888. The molecule has 0 heterocycles. The largest absolute Gasteiger partial charge is 0.387 e. The summed E-state index contributed by atoms with van der Waals surface area (Å²) in [5.74, 6) is -1.95. The first kappa shape index (κ1) is 16.4. The lowest BCUT2D eigenvalue weighted by molar-refractivity contribution is -0.120. The summed E-state index contributed by atoms with van der Waals surface area (Å²) in [4.78, 5) is 11.8. The molecule has 2 N–H and O–H groups in total. The van der Waals surface area contributed by atoms with E-state index in [1.165, 1.54) is 6.07 Å². The number of halogens is 3. The average Bonchev–Trinajstić information content (AvgIpc) is 2.48. The standard InChI is InChI=1S/C16H14ClF2NO2/c17-13-4-2-1-3-12(13)15(21)9-20-16(22)7-10-5-6-11(18)8-14(10)19/h1-6,8,15,21H,7,9H2,(H,20,22). The van der Waals surface area contributed by atoms with Crippen LogP contribution in [0.4, 0.5) is 8.78 Å². The highest BCUT2D eigenvalue weighted by atomic mass is 35.5. The molecule has 0 radical (unpaired) electrons. The van der Waals surface area contributed by atoms with Crippen molar-refractivity contribution in [2.24, 2.45) is 0 Å². The number of hydrogen-bond donors (Lipinski definition) is 2. The molecular formula is C16H14ClF2NO2. The minimum absolute atomic E-state index is 0.0502. The van der Waals surface area contributed by atoms with E-state index in [2.05, 4.69) is 5.32 Å². The maximum Gasteiger partial charge on any atom is 0.224 e. The summed E-state index contributed by atoms with van der Waals surface area (Å²) in [7, 11) is 0. The highest BCUT2D eigenvalue weighted by Crippen LogP contribution is 2.21. The van der Waals surface area contributed by atoms with Crippen molar-refractivity contribution in [2.45, 2.75) is 12.5 Å². The molecular weight excluding hydrogens is 312 g/mol. The van der Waals surface area contributed by atoms with E-state index in [0.717, 1.165) is 12.1 Å². The molecule has 6 heteroatoms. The van der Waals surface area contributed by atoms with Gasteiger partial charge in [0.25, 0.3) is 0 Å². The third-order valence-electron chi connectivity index (χ3n) is 3.12. The van der Waals surface area contributed by atoms with E-state index in [1.807, 2.05) is 0 Å². The zero-order valence-electron chi connectivity index (χ0n) is 11.5. The van der Waals surface area contributed by atoms with Crippen molar-refractivity contribution in [2.75, 3.05) is 6.54 Å². The Bertz CT molecular complexity index is 679. The first-order chi connectivity index (χ1) is 10.5. The van der Waals surface area contributed by atoms with Gasteiger partial charge < -0.3 is 10.4 Å². The third-order valence-corrected chi connectivity index (χ3v) is 3.47. The molecule has 0 saturated carbocycles. The summed E-state index contributed by atoms with van der Waals surface area (Å²) in [6.07, 6.45) is -1.20. The predicted octanol–water partition coefficient (Wildman–Crippen LogP) is 3.01. The number of aliphatic hydroxyl groups excluding tert-OH is 1. The molecule has 2 aromatic carbocycles. The van der Waals surface area contributed by atoms with Gasteiger partial charge in [-0.3, -0.25) is 4.79 Å². The Hall–Kier alpha value is -1.98. The molecule has 0 aliphatic heterocycles. The van der Waals surface area contributed by atoms with Gasteiger partial charge in [0.15, 0.2) is 0 Å². The van der Waals surface area contributed by atoms with Crippen molar-refractivity contribution >= 4 is 17.5 Å². The van der Waals surface area contributed by atoms with Crippen LogP contribution in [0.25, 0.3) is 0 Å². The van der Waals surface area contributed by atoms with Gasteiger partial charge in [-0.2, -0.15) is 0 Å². The topological polar surface area (TPSA) is 49.3 Å². The fourth-order valence-corrected chi connectivity index (χ4v) is 2.23. The zero-order valence-corrected chi connectivity index (χ0v) is 12.3. The first-order valence-corrected chi connectivity index (χ1v) is 6.98. The number of carbonyl (C=O) groups is 1. The summed E-state index contributed by atoms with van der Waals surface area (Å²) >= 11 is 5.94. The van der Waals surface area contributed by atoms with Gasteiger partial charge >= 0.3 is 0 Å². The Morgan fingerprint density at radius 3 is 2.64 bits per heavy atom. The van der Waals surface area contributed by atoms with E-state index in [1.54, 1.807) is 24.3 Å². The lowest BCUT2D eigenvalue weighted by Gasteiger charge is -2.13. The number of hydrogen-bond acceptors (Lipinski definition) is 2. The summed E-state index contributed by atoms with van der Waals surface area (Å²) < 4.78 is 26.2. The minimum Gasteiger partial charge on any atom is -0.387 e. The summed E-state index contributed by atoms with van der Waals surface area (Å²) in [6, 6.07) is 9.77. The fourth-order valence-electron chi connectivity index (χ4n) is 1.97. The Kier molecular flexibility index (Phi) is 5.46. The summed E-state index contributed by atoms with van der Waals surface area (Å²) in [5, 5.41) is 12.9. The molecule has 0 saturated heterocycles. The van der Waals surface area contributed by atoms with E-state index in [-0.39, 0.29) is 18.5 Å². The average molecular weight is 326 g/mol. The Morgan fingerprint density at radius 1 is 1.23 bits per heavy atom. The van der Waals surface area contributed by atoms with Crippen molar-refractivity contribution in [3.8, 4) is 0 Å². The molecule has 0 fully saturated rings. The second-order valence-electron chi connectivity index (χ2n) is 4.75. The van der Waals surface area contributed by atoms with E-state index < -0.39 is 23.6 Å². The second-order valence-corrected chi connectivity index (χ2v) is 5.16. The van der Waals surface area contributed by atoms with Gasteiger partial charge in [0, 0.05) is 23.2 Å². The van der Waals surface area contributed by atoms with Gasteiger partial charge in [-0.15, -0.1) is 0 Å². The Balaban J connectivity index is 1.91. The Labute approximate surface area is 131 Å². The lowest BCUT2D eigenvalue weighted by Crippen LogP contribution is -2.30. The number of rotatable bonds is 5. The van der Waals surface area contributed by atoms with E-state index >= 15 is 0 Å². The molecule has 0 bridgehead atoms. The predicted molar refractivity (Wildman–Crippen MR) is 79.5 cm³/mol. The lowest BCUT2D eigenvalue weighted by atomic mass is 10.1. The van der Waals surface area contributed by atoms with Crippen LogP contribution in [-0.2, 0) is 11.2 Å². The van der Waals surface area contributed by atoms with Crippen LogP contribution in [0.5, 0.6) is 0 Å². The van der Waals surface area contributed by atoms with Crippen LogP contribution in [0.1, 0.15) is 17.2 Å². The van der Waals surface area contributed by atoms with Gasteiger partial charge in [0.2, 0.25) is 5.91 Å². The molecule has 22 heavy (non-hydrogen) atoms. The number of aliphatic hydroxyl groups is 1. The second kappa shape index (κ2) is 7.33. The maximum absolute atomic E-state index is 13.4. The van der Waals surface area contributed by atoms with E-state index in [0.29, 0.717) is 10.6 Å². The van der Waals surface area contributed by atoms with Crippen LogP contribution < -0.4 is 5.32 Å². The molecule has 0 spiro atoms. The SMILES string of the molecule is O=C(Cc1ccc(F)cc1F)NCC(O)c1ccccc1Cl. The van der Waals surface area contributed by atoms with Crippen LogP contribution >= 0.6 is 11.6 Å². The van der Waals surface area contributed by atoms with Crippen LogP contribution in [0.3, 0.4) is 0 Å². The summed E-state index contributed by atoms with van der Waals surface area (Å²) in [6.45, 7) is -0.0502. The molecule has 0 aromatic heterocycles. The molecule has 0 aliphatic carbocycles. The molecule has 3 nitrogen and oxygen atoms in total. The van der Waals surface area contributed by atoms with Gasteiger partial charge in [0.1, 0.15) is 11.6 Å². The van der Waals surface area contributed by atoms with Crippen molar-refractivity contribution in [1.82, 2.24) is 5.32 Å². The van der Waals surface area contributed by atoms with Gasteiger partial charge in [-0.1, -0.05) is 35.9 Å². The molecule has 0 aliphatic rings. The van der Waals surface area contributed by atoms with Gasteiger partial charge in [0.05, 0.1) is 12.5 Å². The molecule has 116 valence electrons. The molecule has 1 atom stereocenters. The summed E-state index contributed by atoms with van der Waals surface area (Å²) in [5.41, 5.74) is 0.587. The van der Waals surface area contributed by atoms with Crippen molar-refractivity contribution in [3.05, 3.63) is 70.2 Å². The van der Waals surface area contributed by atoms with E-state index in [4.69, 9.17) is 11.6 Å². The first-order valence-electron chi connectivity index (χ1n) is 6.60. The van der Waals surface area contributed by atoms with E-state index in [9.17, 15) is 18.7 Å². The van der Waals surface area contributed by atoms with Crippen molar-refractivity contribution < 1.29 is 18.7 Å². The molecule has 2 rings (SSSR count). The van der Waals surface area contributed by atoms with Gasteiger partial charge in [-0.05, 0) is 17.7 Å². The molecule has 1 unspecified atom stereocenters. The maximum atomic E-state index is 13.4. The highest BCUT2D eigenvalue weighted by molar-refractivity contribution is 6.31.